The monoisotopic (exact) mass is 391 g/mol. The van der Waals surface area contributed by atoms with E-state index < -0.39 is 18.0 Å². The number of carbonyl (C=O) groups excluding carboxylic acids is 2. The number of rotatable bonds is 7. The molecule has 2 aromatic carbocycles. The van der Waals surface area contributed by atoms with Gasteiger partial charge in [-0.1, -0.05) is 23.7 Å². The van der Waals surface area contributed by atoms with Gasteiger partial charge in [0.1, 0.15) is 11.5 Å². The van der Waals surface area contributed by atoms with Crippen LogP contribution in [0.15, 0.2) is 36.4 Å². The van der Waals surface area contributed by atoms with E-state index in [0.29, 0.717) is 23.1 Å². The number of esters is 1. The number of hydrogen-bond donors (Lipinski definition) is 1. The molecule has 1 N–H and O–H groups in total. The lowest BCUT2D eigenvalue weighted by molar-refractivity contribution is -0.129. The Hall–Kier alpha value is -2.73. The molecule has 27 heavy (non-hydrogen) atoms. The van der Waals surface area contributed by atoms with E-state index in [1.165, 1.54) is 21.1 Å². The third kappa shape index (κ3) is 5.37. The number of halogens is 1. The molecule has 1 atom stereocenters. The summed E-state index contributed by atoms with van der Waals surface area (Å²) >= 11 is 5.83. The summed E-state index contributed by atoms with van der Waals surface area (Å²) in [6, 6.07) is 10.2. The maximum atomic E-state index is 12.4. The van der Waals surface area contributed by atoms with Crippen molar-refractivity contribution in [2.45, 2.75) is 26.5 Å². The Kier molecular flexibility index (Phi) is 7.07. The fourth-order valence-corrected chi connectivity index (χ4v) is 2.55. The normalized spacial score (nSPS) is 11.4. The zero-order valence-corrected chi connectivity index (χ0v) is 16.4. The van der Waals surface area contributed by atoms with Crippen molar-refractivity contribution < 1.29 is 23.8 Å². The van der Waals surface area contributed by atoms with Gasteiger partial charge in [0.2, 0.25) is 0 Å². The lowest BCUT2D eigenvalue weighted by Crippen LogP contribution is -2.35. The number of amides is 1. The average Bonchev–Trinajstić information content (AvgIpc) is 2.67. The first-order valence-corrected chi connectivity index (χ1v) is 8.69. The first kappa shape index (κ1) is 20.6. The van der Waals surface area contributed by atoms with Crippen molar-refractivity contribution in [2.75, 3.05) is 14.2 Å². The van der Waals surface area contributed by atoms with Gasteiger partial charge in [-0.25, -0.2) is 4.79 Å². The summed E-state index contributed by atoms with van der Waals surface area (Å²) in [6.45, 7) is 3.64. The van der Waals surface area contributed by atoms with Crippen molar-refractivity contribution in [3.63, 3.8) is 0 Å². The summed E-state index contributed by atoms with van der Waals surface area (Å²) in [6.07, 6.45) is -0.955. The number of hydrogen-bond acceptors (Lipinski definition) is 5. The summed E-state index contributed by atoms with van der Waals surface area (Å²) < 4.78 is 15.8. The van der Waals surface area contributed by atoms with E-state index in [2.05, 4.69) is 5.32 Å². The number of nitrogens with one attached hydrogen (secondary N) is 1. The minimum atomic E-state index is -0.955. The lowest BCUT2D eigenvalue weighted by Gasteiger charge is -2.15. The van der Waals surface area contributed by atoms with Crippen LogP contribution in [0.3, 0.4) is 0 Å². The van der Waals surface area contributed by atoms with E-state index >= 15 is 0 Å². The zero-order valence-electron chi connectivity index (χ0n) is 15.7. The molecule has 0 aliphatic carbocycles. The molecule has 0 aliphatic rings. The summed E-state index contributed by atoms with van der Waals surface area (Å²) in [7, 11) is 3.01. The quantitative estimate of drug-likeness (QED) is 0.731. The lowest BCUT2D eigenvalue weighted by atomic mass is 10.1. The fourth-order valence-electron chi connectivity index (χ4n) is 2.42. The first-order chi connectivity index (χ1) is 12.8. The highest BCUT2D eigenvalue weighted by atomic mass is 35.5. The van der Waals surface area contributed by atoms with Gasteiger partial charge in [0.05, 0.1) is 19.8 Å². The molecular weight excluding hydrogens is 370 g/mol. The second kappa shape index (κ2) is 9.28. The van der Waals surface area contributed by atoms with E-state index in [1.807, 2.05) is 19.1 Å². The minimum Gasteiger partial charge on any atom is -0.496 e. The molecule has 1 unspecified atom stereocenters. The second-order valence-electron chi connectivity index (χ2n) is 5.90. The maximum absolute atomic E-state index is 12.4. The van der Waals surface area contributed by atoms with Gasteiger partial charge in [-0.05, 0) is 43.7 Å². The number of carbonyl (C=O) groups is 2. The molecule has 0 spiro atoms. The SMILES string of the molecule is COc1cc(C(=O)OC(C)C(=O)NCc2ccc(Cl)cc2)cc(OC)c1C. The Bertz CT molecular complexity index is 795. The first-order valence-electron chi connectivity index (χ1n) is 8.31. The Balaban J connectivity index is 1.99. The van der Waals surface area contributed by atoms with Gasteiger partial charge in [0.15, 0.2) is 6.10 Å². The summed E-state index contributed by atoms with van der Waals surface area (Å²) in [5.74, 6) is -0.0348. The minimum absolute atomic E-state index is 0.242. The van der Waals surface area contributed by atoms with Crippen molar-refractivity contribution >= 4 is 23.5 Å². The molecule has 0 aliphatic heterocycles. The van der Waals surface area contributed by atoms with Crippen molar-refractivity contribution in [3.05, 3.63) is 58.1 Å². The number of ether oxygens (including phenoxy) is 3. The van der Waals surface area contributed by atoms with Crippen molar-refractivity contribution in [1.29, 1.82) is 0 Å². The van der Waals surface area contributed by atoms with Crippen LogP contribution >= 0.6 is 11.6 Å². The molecule has 1 amide bonds. The van der Waals surface area contributed by atoms with Crippen LogP contribution in [0.4, 0.5) is 0 Å². The van der Waals surface area contributed by atoms with E-state index in [4.69, 9.17) is 25.8 Å². The van der Waals surface area contributed by atoms with Crippen LogP contribution in [0.2, 0.25) is 5.02 Å². The molecule has 2 rings (SSSR count). The highest BCUT2D eigenvalue weighted by Gasteiger charge is 2.21. The molecule has 0 bridgehead atoms. The smallest absolute Gasteiger partial charge is 0.339 e. The molecule has 2 aromatic rings. The van der Waals surface area contributed by atoms with Gasteiger partial charge in [0.25, 0.3) is 5.91 Å². The Morgan fingerprint density at radius 3 is 2.15 bits per heavy atom. The van der Waals surface area contributed by atoms with E-state index in [0.717, 1.165) is 11.1 Å². The summed E-state index contributed by atoms with van der Waals surface area (Å²) in [5.41, 5.74) is 1.90. The molecule has 6 nitrogen and oxygen atoms in total. The van der Waals surface area contributed by atoms with Gasteiger partial charge >= 0.3 is 5.97 Å². The van der Waals surface area contributed by atoms with Crippen LogP contribution in [0.25, 0.3) is 0 Å². The predicted octanol–water partition coefficient (Wildman–Crippen LogP) is 3.53. The maximum Gasteiger partial charge on any atom is 0.339 e. The Morgan fingerprint density at radius 1 is 1.07 bits per heavy atom. The second-order valence-corrected chi connectivity index (χ2v) is 6.33. The van der Waals surface area contributed by atoms with Crippen LogP contribution < -0.4 is 14.8 Å². The molecule has 0 heterocycles. The van der Waals surface area contributed by atoms with E-state index in [-0.39, 0.29) is 5.56 Å². The number of methoxy groups -OCH3 is 2. The molecule has 0 radical (unpaired) electrons. The van der Waals surface area contributed by atoms with Gasteiger partial charge in [-0.2, -0.15) is 0 Å². The Morgan fingerprint density at radius 2 is 1.63 bits per heavy atom. The van der Waals surface area contributed by atoms with Gasteiger partial charge in [-0.15, -0.1) is 0 Å². The molecular formula is C20H22ClNO5. The Labute approximate surface area is 163 Å². The van der Waals surface area contributed by atoms with Crippen molar-refractivity contribution in [1.82, 2.24) is 5.32 Å². The predicted molar refractivity (Wildman–Crippen MR) is 102 cm³/mol. The summed E-state index contributed by atoms with van der Waals surface area (Å²) in [4.78, 5) is 24.6. The van der Waals surface area contributed by atoms with Crippen LogP contribution in [0.5, 0.6) is 11.5 Å². The molecule has 0 saturated heterocycles. The van der Waals surface area contributed by atoms with Gasteiger partial charge < -0.3 is 19.5 Å². The highest BCUT2D eigenvalue weighted by Crippen LogP contribution is 2.29. The van der Waals surface area contributed by atoms with E-state index in [9.17, 15) is 9.59 Å². The zero-order chi connectivity index (χ0) is 20.0. The standard InChI is InChI=1S/C20H22ClNO5/c1-12-17(25-3)9-15(10-18(12)26-4)20(24)27-13(2)19(23)22-11-14-5-7-16(21)8-6-14/h5-10,13H,11H2,1-4H3,(H,22,23). The highest BCUT2D eigenvalue weighted by molar-refractivity contribution is 6.30. The van der Waals surface area contributed by atoms with Crippen LogP contribution in [0.1, 0.15) is 28.4 Å². The third-order valence-corrected chi connectivity index (χ3v) is 4.27. The van der Waals surface area contributed by atoms with Crippen LogP contribution in [-0.2, 0) is 16.1 Å². The fraction of sp³-hybridized carbons (Fsp3) is 0.300. The molecule has 7 heteroatoms. The molecule has 0 fully saturated rings. The topological polar surface area (TPSA) is 73.9 Å². The van der Waals surface area contributed by atoms with Crippen molar-refractivity contribution in [2.24, 2.45) is 0 Å². The van der Waals surface area contributed by atoms with Gasteiger partial charge in [0, 0.05) is 17.1 Å². The molecule has 0 saturated carbocycles. The average molecular weight is 392 g/mol. The third-order valence-electron chi connectivity index (χ3n) is 4.02. The van der Waals surface area contributed by atoms with E-state index in [1.54, 1.807) is 24.3 Å². The van der Waals surface area contributed by atoms with Crippen LogP contribution in [-0.4, -0.2) is 32.2 Å². The largest absolute Gasteiger partial charge is 0.496 e. The number of benzene rings is 2. The van der Waals surface area contributed by atoms with Crippen LogP contribution in [0, 0.1) is 6.92 Å². The molecule has 144 valence electrons. The summed E-state index contributed by atoms with van der Waals surface area (Å²) in [5, 5.41) is 3.34. The molecule has 0 aromatic heterocycles. The van der Waals surface area contributed by atoms with Crippen molar-refractivity contribution in [3.8, 4) is 11.5 Å². The van der Waals surface area contributed by atoms with Gasteiger partial charge in [-0.3, -0.25) is 4.79 Å².